The molecule has 0 saturated carbocycles. The standard InChI is InChI=1S/C16H25N3O/c1-14-7-2-3-8-15(14)18-16(20)13-17-9-6-12-19-10-4-5-11-19/h2-3,7-8,17H,4-6,9-13H2,1H3,(H,18,20). The summed E-state index contributed by atoms with van der Waals surface area (Å²) in [6.45, 7) is 6.92. The summed E-state index contributed by atoms with van der Waals surface area (Å²) in [5, 5.41) is 6.14. The Morgan fingerprint density at radius 1 is 1.25 bits per heavy atom. The van der Waals surface area contributed by atoms with Gasteiger partial charge in [-0.3, -0.25) is 4.79 Å². The van der Waals surface area contributed by atoms with Crippen LogP contribution in [0.4, 0.5) is 5.69 Å². The molecule has 0 radical (unpaired) electrons. The molecule has 1 aromatic rings. The first-order chi connectivity index (χ1) is 9.75. The van der Waals surface area contributed by atoms with Gasteiger partial charge in [0.2, 0.25) is 5.91 Å². The minimum absolute atomic E-state index is 0.0282. The maximum absolute atomic E-state index is 11.8. The topological polar surface area (TPSA) is 44.4 Å². The Morgan fingerprint density at radius 2 is 2.00 bits per heavy atom. The molecular weight excluding hydrogens is 250 g/mol. The minimum Gasteiger partial charge on any atom is -0.325 e. The number of anilines is 1. The van der Waals surface area contributed by atoms with Gasteiger partial charge in [0.15, 0.2) is 0 Å². The molecule has 110 valence electrons. The molecule has 1 fully saturated rings. The fourth-order valence-corrected chi connectivity index (χ4v) is 2.54. The van der Waals surface area contributed by atoms with E-state index < -0.39 is 0 Å². The van der Waals surface area contributed by atoms with Crippen LogP contribution in [-0.4, -0.2) is 43.5 Å². The molecule has 1 amide bonds. The van der Waals surface area contributed by atoms with E-state index in [0.29, 0.717) is 6.54 Å². The lowest BCUT2D eigenvalue weighted by Crippen LogP contribution is -2.31. The Hall–Kier alpha value is -1.39. The number of para-hydroxylation sites is 1. The number of nitrogens with zero attached hydrogens (tertiary/aromatic N) is 1. The summed E-state index contributed by atoms with van der Waals surface area (Å²) in [6, 6.07) is 7.84. The fraction of sp³-hybridized carbons (Fsp3) is 0.562. The third-order valence-corrected chi connectivity index (χ3v) is 3.73. The van der Waals surface area contributed by atoms with Crippen molar-refractivity contribution >= 4 is 11.6 Å². The molecule has 0 atom stereocenters. The molecule has 0 spiro atoms. The Morgan fingerprint density at radius 3 is 2.75 bits per heavy atom. The molecule has 0 unspecified atom stereocenters. The highest BCUT2D eigenvalue weighted by Crippen LogP contribution is 2.12. The van der Waals surface area contributed by atoms with Crippen LogP contribution in [0.15, 0.2) is 24.3 Å². The van der Waals surface area contributed by atoms with Crippen molar-refractivity contribution in [2.45, 2.75) is 26.2 Å². The van der Waals surface area contributed by atoms with Crippen molar-refractivity contribution in [1.82, 2.24) is 10.2 Å². The van der Waals surface area contributed by atoms with Crippen LogP contribution in [0.2, 0.25) is 0 Å². The first-order valence-corrected chi connectivity index (χ1v) is 7.54. The zero-order valence-corrected chi connectivity index (χ0v) is 12.3. The van der Waals surface area contributed by atoms with Gasteiger partial charge in [-0.15, -0.1) is 0 Å². The molecule has 1 aliphatic heterocycles. The van der Waals surface area contributed by atoms with E-state index in [9.17, 15) is 4.79 Å². The summed E-state index contributed by atoms with van der Waals surface area (Å²) >= 11 is 0. The van der Waals surface area contributed by atoms with Crippen molar-refractivity contribution in [2.75, 3.05) is 38.0 Å². The second kappa shape index (κ2) is 8.02. The average Bonchev–Trinajstić information content (AvgIpc) is 2.94. The van der Waals surface area contributed by atoms with E-state index >= 15 is 0 Å². The third kappa shape index (κ3) is 4.94. The monoisotopic (exact) mass is 275 g/mol. The third-order valence-electron chi connectivity index (χ3n) is 3.73. The van der Waals surface area contributed by atoms with Crippen LogP contribution in [0.5, 0.6) is 0 Å². The van der Waals surface area contributed by atoms with Gasteiger partial charge in [-0.1, -0.05) is 18.2 Å². The molecule has 0 aromatic heterocycles. The van der Waals surface area contributed by atoms with Gasteiger partial charge in [-0.25, -0.2) is 0 Å². The Bertz CT molecular complexity index is 427. The Kier molecular flexibility index (Phi) is 6.02. The van der Waals surface area contributed by atoms with Crippen LogP contribution in [0, 0.1) is 6.92 Å². The lowest BCUT2D eigenvalue weighted by Gasteiger charge is -2.14. The highest BCUT2D eigenvalue weighted by molar-refractivity contribution is 5.92. The van der Waals surface area contributed by atoms with Crippen molar-refractivity contribution in [3.63, 3.8) is 0 Å². The number of benzene rings is 1. The van der Waals surface area contributed by atoms with Gasteiger partial charge in [-0.05, 0) is 64.0 Å². The van der Waals surface area contributed by atoms with Gasteiger partial charge in [0.05, 0.1) is 6.54 Å². The highest BCUT2D eigenvalue weighted by Gasteiger charge is 2.10. The molecule has 2 N–H and O–H groups in total. The summed E-state index contributed by atoms with van der Waals surface area (Å²) in [7, 11) is 0. The SMILES string of the molecule is Cc1ccccc1NC(=O)CNCCCN1CCCC1. The molecule has 4 nitrogen and oxygen atoms in total. The zero-order valence-electron chi connectivity index (χ0n) is 12.3. The normalized spacial score (nSPS) is 15.4. The zero-order chi connectivity index (χ0) is 14.2. The minimum atomic E-state index is 0.0282. The maximum Gasteiger partial charge on any atom is 0.238 e. The average molecular weight is 275 g/mol. The van der Waals surface area contributed by atoms with Crippen molar-refractivity contribution in [3.8, 4) is 0 Å². The number of carbonyl (C=O) groups excluding carboxylic acids is 1. The first kappa shape index (κ1) is 15.0. The molecule has 0 aliphatic carbocycles. The quantitative estimate of drug-likeness (QED) is 0.748. The van der Waals surface area contributed by atoms with Gasteiger partial charge >= 0.3 is 0 Å². The predicted octanol–water partition coefficient (Wildman–Crippen LogP) is 2.01. The number of hydrogen-bond donors (Lipinski definition) is 2. The Balaban J connectivity index is 1.57. The maximum atomic E-state index is 11.8. The van der Waals surface area contributed by atoms with E-state index in [1.54, 1.807) is 0 Å². The second-order valence-corrected chi connectivity index (χ2v) is 5.44. The van der Waals surface area contributed by atoms with Gasteiger partial charge in [-0.2, -0.15) is 0 Å². The molecule has 20 heavy (non-hydrogen) atoms. The highest BCUT2D eigenvalue weighted by atomic mass is 16.1. The summed E-state index contributed by atoms with van der Waals surface area (Å²) in [5.41, 5.74) is 1.99. The number of amides is 1. The lowest BCUT2D eigenvalue weighted by molar-refractivity contribution is -0.115. The molecule has 1 aromatic carbocycles. The van der Waals surface area contributed by atoms with Crippen molar-refractivity contribution in [2.24, 2.45) is 0 Å². The molecule has 1 saturated heterocycles. The second-order valence-electron chi connectivity index (χ2n) is 5.44. The van der Waals surface area contributed by atoms with E-state index in [4.69, 9.17) is 0 Å². The van der Waals surface area contributed by atoms with E-state index in [-0.39, 0.29) is 5.91 Å². The van der Waals surface area contributed by atoms with E-state index in [1.165, 1.54) is 25.9 Å². The van der Waals surface area contributed by atoms with Gasteiger partial charge in [0, 0.05) is 5.69 Å². The van der Waals surface area contributed by atoms with Crippen LogP contribution in [-0.2, 0) is 4.79 Å². The molecule has 2 rings (SSSR count). The number of nitrogens with one attached hydrogen (secondary N) is 2. The van der Waals surface area contributed by atoms with Crippen LogP contribution < -0.4 is 10.6 Å². The summed E-state index contributed by atoms with van der Waals surface area (Å²) in [5.74, 6) is 0.0282. The van der Waals surface area contributed by atoms with E-state index in [1.807, 2.05) is 31.2 Å². The van der Waals surface area contributed by atoms with Crippen LogP contribution in [0.25, 0.3) is 0 Å². The van der Waals surface area contributed by atoms with Gasteiger partial charge < -0.3 is 15.5 Å². The van der Waals surface area contributed by atoms with Gasteiger partial charge in [0.25, 0.3) is 0 Å². The van der Waals surface area contributed by atoms with Crippen molar-refractivity contribution < 1.29 is 4.79 Å². The number of hydrogen-bond acceptors (Lipinski definition) is 3. The number of rotatable bonds is 7. The molecule has 4 heteroatoms. The summed E-state index contributed by atoms with van der Waals surface area (Å²) < 4.78 is 0. The van der Waals surface area contributed by atoms with E-state index in [2.05, 4.69) is 15.5 Å². The van der Waals surface area contributed by atoms with Crippen LogP contribution in [0.1, 0.15) is 24.8 Å². The van der Waals surface area contributed by atoms with Gasteiger partial charge in [0.1, 0.15) is 0 Å². The van der Waals surface area contributed by atoms with Crippen LogP contribution in [0.3, 0.4) is 0 Å². The number of likely N-dealkylation sites (tertiary alicyclic amines) is 1. The number of aryl methyl sites for hydroxylation is 1. The largest absolute Gasteiger partial charge is 0.325 e. The molecule has 1 heterocycles. The number of carbonyl (C=O) groups is 1. The van der Waals surface area contributed by atoms with Crippen molar-refractivity contribution in [1.29, 1.82) is 0 Å². The van der Waals surface area contributed by atoms with E-state index in [0.717, 1.165) is 30.8 Å². The van der Waals surface area contributed by atoms with Crippen LogP contribution >= 0.6 is 0 Å². The first-order valence-electron chi connectivity index (χ1n) is 7.54. The molecule has 1 aliphatic rings. The summed E-state index contributed by atoms with van der Waals surface area (Å²) in [6.07, 6.45) is 3.79. The Labute approximate surface area is 121 Å². The van der Waals surface area contributed by atoms with Crippen molar-refractivity contribution in [3.05, 3.63) is 29.8 Å². The smallest absolute Gasteiger partial charge is 0.238 e. The summed E-state index contributed by atoms with van der Waals surface area (Å²) in [4.78, 5) is 14.3. The molecular formula is C16H25N3O. The molecule has 0 bridgehead atoms. The predicted molar refractivity (Wildman–Crippen MR) is 83.0 cm³/mol. The lowest BCUT2D eigenvalue weighted by atomic mass is 10.2. The fourth-order valence-electron chi connectivity index (χ4n) is 2.54.